The Morgan fingerprint density at radius 1 is 1.29 bits per heavy atom. The summed E-state index contributed by atoms with van der Waals surface area (Å²) in [5.41, 5.74) is -0.161. The number of halogens is 1. The lowest BCUT2D eigenvalue weighted by molar-refractivity contribution is 0.00578. The number of methoxy groups -OCH3 is 1. The zero-order chi connectivity index (χ0) is 18.1. The average Bonchev–Trinajstić information content (AvgIpc) is 2.73. The molecule has 1 fully saturated rings. The lowest BCUT2D eigenvalue weighted by atomic mass is 9.78. The summed E-state index contributed by atoms with van der Waals surface area (Å²) in [6, 6.07) is 4.56. The van der Waals surface area contributed by atoms with Crippen molar-refractivity contribution >= 4 is 31.8 Å². The van der Waals surface area contributed by atoms with Crippen LogP contribution >= 0.6 is 12.6 Å². The van der Waals surface area contributed by atoms with Crippen LogP contribution in [-0.4, -0.2) is 37.2 Å². The minimum Gasteiger partial charge on any atom is -0.465 e. The second-order valence-corrected chi connectivity index (χ2v) is 6.98. The van der Waals surface area contributed by atoms with Crippen molar-refractivity contribution in [3.05, 3.63) is 40.6 Å². The van der Waals surface area contributed by atoms with E-state index in [4.69, 9.17) is 9.31 Å². The van der Waals surface area contributed by atoms with Crippen LogP contribution < -0.4 is 0 Å². The SMILES string of the molecule is COC(=O)c1cccc(C=C(CS)B2OC(C)(C)C(C)(C)O2)c1F. The first-order valence-corrected chi connectivity index (χ1v) is 8.30. The van der Waals surface area contributed by atoms with E-state index in [1.54, 1.807) is 18.2 Å². The number of esters is 1. The molecule has 2 rings (SSSR count). The summed E-state index contributed by atoms with van der Waals surface area (Å²) < 4.78 is 31.1. The Labute approximate surface area is 147 Å². The molecule has 1 aliphatic rings. The quantitative estimate of drug-likeness (QED) is 0.511. The van der Waals surface area contributed by atoms with Crippen molar-refractivity contribution in [2.45, 2.75) is 38.9 Å². The van der Waals surface area contributed by atoms with E-state index < -0.39 is 30.1 Å². The Kier molecular flexibility index (Phi) is 5.47. The molecule has 1 aromatic rings. The molecule has 0 amide bonds. The number of benzene rings is 1. The maximum Gasteiger partial charge on any atom is 0.491 e. The molecule has 0 aliphatic carbocycles. The van der Waals surface area contributed by atoms with Gasteiger partial charge in [0, 0.05) is 11.3 Å². The van der Waals surface area contributed by atoms with Gasteiger partial charge in [0.25, 0.3) is 0 Å². The van der Waals surface area contributed by atoms with Gasteiger partial charge in [-0.25, -0.2) is 9.18 Å². The van der Waals surface area contributed by atoms with Crippen LogP contribution in [0.4, 0.5) is 4.39 Å². The number of thiol groups is 1. The molecule has 130 valence electrons. The van der Waals surface area contributed by atoms with Gasteiger partial charge in [-0.15, -0.1) is 0 Å². The highest BCUT2D eigenvalue weighted by molar-refractivity contribution is 7.80. The maximum absolute atomic E-state index is 14.5. The Balaban J connectivity index is 2.38. The summed E-state index contributed by atoms with van der Waals surface area (Å²) in [6.45, 7) is 7.78. The van der Waals surface area contributed by atoms with Gasteiger partial charge in [0.1, 0.15) is 5.82 Å². The second kappa shape index (κ2) is 6.90. The Hall–Kier alpha value is -1.31. The lowest BCUT2D eigenvalue weighted by Crippen LogP contribution is -2.41. The molecule has 0 unspecified atom stereocenters. The first-order chi connectivity index (χ1) is 11.1. The number of ether oxygens (including phenoxy) is 1. The summed E-state index contributed by atoms with van der Waals surface area (Å²) in [5.74, 6) is -1.02. The van der Waals surface area contributed by atoms with E-state index in [-0.39, 0.29) is 11.1 Å². The Morgan fingerprint density at radius 2 is 1.88 bits per heavy atom. The van der Waals surface area contributed by atoms with Crippen molar-refractivity contribution < 1.29 is 23.2 Å². The van der Waals surface area contributed by atoms with Crippen molar-refractivity contribution in [3.8, 4) is 0 Å². The monoisotopic (exact) mass is 352 g/mol. The molecular formula is C17H22BFO4S. The molecule has 1 heterocycles. The van der Waals surface area contributed by atoms with E-state index in [2.05, 4.69) is 17.4 Å². The molecule has 0 N–H and O–H groups in total. The molecule has 7 heteroatoms. The molecule has 0 atom stereocenters. The number of hydrogen-bond acceptors (Lipinski definition) is 5. The molecule has 0 saturated carbocycles. The topological polar surface area (TPSA) is 44.8 Å². The van der Waals surface area contributed by atoms with Crippen molar-refractivity contribution in [1.82, 2.24) is 0 Å². The van der Waals surface area contributed by atoms with Crippen molar-refractivity contribution in [2.75, 3.05) is 12.9 Å². The first-order valence-electron chi connectivity index (χ1n) is 7.66. The molecule has 24 heavy (non-hydrogen) atoms. The van der Waals surface area contributed by atoms with Crippen LogP contribution in [-0.2, 0) is 14.0 Å². The maximum atomic E-state index is 14.5. The van der Waals surface area contributed by atoms with E-state index in [0.717, 1.165) is 0 Å². The van der Waals surface area contributed by atoms with Crippen LogP contribution in [0.25, 0.3) is 6.08 Å². The predicted octanol–water partition coefficient (Wildman–Crippen LogP) is 3.56. The predicted molar refractivity (Wildman–Crippen MR) is 95.7 cm³/mol. The van der Waals surface area contributed by atoms with E-state index in [9.17, 15) is 9.18 Å². The van der Waals surface area contributed by atoms with Gasteiger partial charge in [-0.3, -0.25) is 0 Å². The van der Waals surface area contributed by atoms with Gasteiger partial charge >= 0.3 is 13.1 Å². The smallest absolute Gasteiger partial charge is 0.465 e. The molecule has 0 aromatic heterocycles. The number of carbonyl (C=O) groups excluding carboxylic acids is 1. The summed E-state index contributed by atoms with van der Waals surface area (Å²) in [4.78, 5) is 11.6. The van der Waals surface area contributed by atoms with Gasteiger partial charge in [-0.05, 0) is 39.2 Å². The second-order valence-electron chi connectivity index (χ2n) is 6.67. The summed E-state index contributed by atoms with van der Waals surface area (Å²) in [7, 11) is 0.599. The van der Waals surface area contributed by atoms with Crippen molar-refractivity contribution in [1.29, 1.82) is 0 Å². The molecular weight excluding hydrogens is 330 g/mol. The standard InChI is InChI=1S/C17H22BFO4S/c1-16(2)17(3,4)23-18(22-16)12(10-24)9-11-7-6-8-13(14(11)19)15(20)21-5/h6-9,24H,10H2,1-5H3. The van der Waals surface area contributed by atoms with Gasteiger partial charge in [0.15, 0.2) is 0 Å². The molecule has 0 radical (unpaired) electrons. The summed E-state index contributed by atoms with van der Waals surface area (Å²) in [6.07, 6.45) is 1.61. The zero-order valence-corrected chi connectivity index (χ0v) is 15.4. The largest absolute Gasteiger partial charge is 0.491 e. The van der Waals surface area contributed by atoms with E-state index >= 15 is 0 Å². The lowest BCUT2D eigenvalue weighted by Gasteiger charge is -2.32. The first kappa shape index (κ1) is 19.0. The fraction of sp³-hybridized carbons (Fsp3) is 0.471. The highest BCUT2D eigenvalue weighted by Gasteiger charge is 2.52. The molecule has 0 bridgehead atoms. The number of rotatable bonds is 4. The molecule has 1 aliphatic heterocycles. The summed E-state index contributed by atoms with van der Waals surface area (Å²) >= 11 is 4.31. The van der Waals surface area contributed by atoms with Crippen molar-refractivity contribution in [3.63, 3.8) is 0 Å². The fourth-order valence-electron chi connectivity index (χ4n) is 2.31. The third-order valence-electron chi connectivity index (χ3n) is 4.51. The highest BCUT2D eigenvalue weighted by atomic mass is 32.1. The minimum atomic E-state index is -0.717. The zero-order valence-electron chi connectivity index (χ0n) is 14.6. The fourth-order valence-corrected chi connectivity index (χ4v) is 2.55. The van der Waals surface area contributed by atoms with Crippen molar-refractivity contribution in [2.24, 2.45) is 0 Å². The van der Waals surface area contributed by atoms with Crippen LogP contribution in [0.2, 0.25) is 0 Å². The van der Waals surface area contributed by atoms with Gasteiger partial charge in [0.2, 0.25) is 0 Å². The van der Waals surface area contributed by atoms with Crippen LogP contribution in [0.1, 0.15) is 43.6 Å². The van der Waals surface area contributed by atoms with Gasteiger partial charge in [0.05, 0.1) is 23.9 Å². The Morgan fingerprint density at radius 3 is 2.38 bits per heavy atom. The Bertz CT molecular complexity index is 657. The number of carbonyl (C=O) groups is 1. The van der Waals surface area contributed by atoms with Crippen LogP contribution in [0.5, 0.6) is 0 Å². The van der Waals surface area contributed by atoms with Crippen LogP contribution in [0, 0.1) is 5.82 Å². The molecule has 0 spiro atoms. The van der Waals surface area contributed by atoms with E-state index in [1.807, 2.05) is 27.7 Å². The molecule has 1 saturated heterocycles. The van der Waals surface area contributed by atoms with Gasteiger partial charge in [-0.1, -0.05) is 18.2 Å². The van der Waals surface area contributed by atoms with Gasteiger partial charge in [-0.2, -0.15) is 12.6 Å². The van der Waals surface area contributed by atoms with Crippen LogP contribution in [0.3, 0.4) is 0 Å². The molecule has 4 nitrogen and oxygen atoms in total. The average molecular weight is 352 g/mol. The number of hydrogen-bond donors (Lipinski definition) is 1. The van der Waals surface area contributed by atoms with Crippen LogP contribution in [0.15, 0.2) is 23.7 Å². The highest BCUT2D eigenvalue weighted by Crippen LogP contribution is 2.39. The third kappa shape index (κ3) is 3.53. The third-order valence-corrected chi connectivity index (χ3v) is 4.88. The normalized spacial score (nSPS) is 19.5. The van der Waals surface area contributed by atoms with E-state index in [1.165, 1.54) is 13.2 Å². The molecule has 1 aromatic carbocycles. The van der Waals surface area contributed by atoms with Gasteiger partial charge < -0.3 is 14.0 Å². The summed E-state index contributed by atoms with van der Waals surface area (Å²) in [5, 5.41) is 0. The van der Waals surface area contributed by atoms with E-state index in [0.29, 0.717) is 11.2 Å². The minimum absolute atomic E-state index is 0.112.